The van der Waals surface area contributed by atoms with Crippen molar-refractivity contribution in [2.24, 2.45) is 0 Å². The number of ether oxygens (including phenoxy) is 1. The average molecular weight is 339 g/mol. The Morgan fingerprint density at radius 3 is 2.42 bits per heavy atom. The largest absolute Gasteiger partial charge is 0.450 e. The Balaban J connectivity index is 2.03. The summed E-state index contributed by atoms with van der Waals surface area (Å²) in [4.78, 5) is 24.3. The molecule has 1 aromatic carbocycles. The van der Waals surface area contributed by atoms with Crippen molar-refractivity contribution in [1.29, 1.82) is 0 Å². The molecule has 0 aliphatic rings. The van der Waals surface area contributed by atoms with Gasteiger partial charge >= 0.3 is 5.97 Å². The fourth-order valence-electron chi connectivity index (χ4n) is 1.53. The van der Waals surface area contributed by atoms with Gasteiger partial charge in [-0.05, 0) is 35.0 Å². The number of thiophene rings is 1. The highest BCUT2D eigenvalue weighted by Gasteiger charge is 2.20. The normalized spacial score (nSPS) is 11.9. The molecule has 5 heteroatoms. The van der Waals surface area contributed by atoms with E-state index in [0.29, 0.717) is 10.4 Å². The highest BCUT2D eigenvalue weighted by molar-refractivity contribution is 9.11. The van der Waals surface area contributed by atoms with Crippen LogP contribution in [-0.2, 0) is 4.74 Å². The number of carbonyl (C=O) groups excluding carboxylic acids is 2. The van der Waals surface area contributed by atoms with Crippen LogP contribution in [0.2, 0.25) is 0 Å². The second-order valence-electron chi connectivity index (χ2n) is 3.88. The van der Waals surface area contributed by atoms with Crippen molar-refractivity contribution in [3.8, 4) is 0 Å². The van der Waals surface area contributed by atoms with E-state index in [1.807, 2.05) is 6.07 Å². The molecule has 0 N–H and O–H groups in total. The number of benzene rings is 1. The fourth-order valence-corrected chi connectivity index (χ4v) is 2.80. The molecule has 19 heavy (non-hydrogen) atoms. The van der Waals surface area contributed by atoms with Gasteiger partial charge in [0.05, 0.1) is 3.79 Å². The van der Waals surface area contributed by atoms with Crippen LogP contribution in [0, 0.1) is 0 Å². The highest BCUT2D eigenvalue weighted by Crippen LogP contribution is 2.23. The molecule has 0 saturated carbocycles. The molecular formula is C14H11BrO3S. The van der Waals surface area contributed by atoms with E-state index in [1.165, 1.54) is 11.3 Å². The summed E-state index contributed by atoms with van der Waals surface area (Å²) < 4.78 is 6.02. The van der Waals surface area contributed by atoms with Crippen molar-refractivity contribution in [1.82, 2.24) is 0 Å². The van der Waals surface area contributed by atoms with Gasteiger partial charge in [0.2, 0.25) is 5.78 Å². The number of hydrogen-bond acceptors (Lipinski definition) is 4. The number of rotatable bonds is 4. The number of Topliss-reactive ketones (excluding diaryl/α,β-unsaturated/α-hetero) is 1. The van der Waals surface area contributed by atoms with Gasteiger partial charge < -0.3 is 4.74 Å². The molecule has 1 unspecified atom stereocenters. The first kappa shape index (κ1) is 14.0. The summed E-state index contributed by atoms with van der Waals surface area (Å²) in [6.07, 6.45) is -0.796. The van der Waals surface area contributed by atoms with Crippen LogP contribution in [0.5, 0.6) is 0 Å². The maximum absolute atomic E-state index is 12.0. The van der Waals surface area contributed by atoms with E-state index < -0.39 is 12.1 Å². The number of carbonyl (C=O) groups is 2. The lowest BCUT2D eigenvalue weighted by atomic mass is 10.1. The minimum Gasteiger partial charge on any atom is -0.450 e. The van der Waals surface area contributed by atoms with Gasteiger partial charge in [-0.3, -0.25) is 4.79 Å². The van der Waals surface area contributed by atoms with Crippen molar-refractivity contribution in [3.63, 3.8) is 0 Å². The van der Waals surface area contributed by atoms with E-state index >= 15 is 0 Å². The molecule has 2 aromatic rings. The minimum atomic E-state index is -0.796. The predicted molar refractivity (Wildman–Crippen MR) is 77.7 cm³/mol. The molecule has 0 aliphatic heterocycles. The third kappa shape index (κ3) is 3.52. The lowest BCUT2D eigenvalue weighted by molar-refractivity contribution is 0.0323. The van der Waals surface area contributed by atoms with Crippen molar-refractivity contribution < 1.29 is 14.3 Å². The molecule has 3 nitrogen and oxygen atoms in total. The van der Waals surface area contributed by atoms with E-state index in [9.17, 15) is 9.59 Å². The molecule has 0 amide bonds. The van der Waals surface area contributed by atoms with Crippen LogP contribution in [0.1, 0.15) is 27.0 Å². The number of hydrogen-bond donors (Lipinski definition) is 0. The van der Waals surface area contributed by atoms with Gasteiger partial charge in [-0.15, -0.1) is 11.3 Å². The topological polar surface area (TPSA) is 43.4 Å². The summed E-state index contributed by atoms with van der Waals surface area (Å²) in [5.41, 5.74) is 0.537. The monoisotopic (exact) mass is 338 g/mol. The van der Waals surface area contributed by atoms with Gasteiger partial charge in [0.25, 0.3) is 0 Å². The Morgan fingerprint density at radius 1 is 1.16 bits per heavy atom. The van der Waals surface area contributed by atoms with Crippen LogP contribution in [0.4, 0.5) is 0 Å². The van der Waals surface area contributed by atoms with Crippen molar-refractivity contribution in [2.45, 2.75) is 13.0 Å². The van der Waals surface area contributed by atoms with Crippen LogP contribution in [0.25, 0.3) is 0 Å². The molecular weight excluding hydrogens is 328 g/mol. The molecule has 1 aromatic heterocycles. The SMILES string of the molecule is CC(OC(=O)c1ccc(Br)s1)C(=O)c1ccccc1. The Kier molecular flexibility index (Phi) is 4.50. The smallest absolute Gasteiger partial charge is 0.349 e. The molecule has 0 bridgehead atoms. The van der Waals surface area contributed by atoms with Gasteiger partial charge in [-0.1, -0.05) is 30.3 Å². The molecule has 0 spiro atoms. The molecule has 2 rings (SSSR count). The molecule has 0 fully saturated rings. The highest BCUT2D eigenvalue weighted by atomic mass is 79.9. The van der Waals surface area contributed by atoms with E-state index in [4.69, 9.17) is 4.74 Å². The molecule has 1 heterocycles. The van der Waals surface area contributed by atoms with Crippen LogP contribution in [-0.4, -0.2) is 17.9 Å². The third-order valence-corrected chi connectivity index (χ3v) is 4.09. The maximum Gasteiger partial charge on any atom is 0.349 e. The summed E-state index contributed by atoms with van der Waals surface area (Å²) in [6.45, 7) is 1.58. The van der Waals surface area contributed by atoms with Crippen molar-refractivity contribution in [3.05, 3.63) is 56.7 Å². The number of halogens is 1. The summed E-state index contributed by atoms with van der Waals surface area (Å²) >= 11 is 4.55. The first-order valence-corrected chi connectivity index (χ1v) is 7.24. The maximum atomic E-state index is 12.0. The summed E-state index contributed by atoms with van der Waals surface area (Å²) in [6, 6.07) is 12.2. The number of esters is 1. The van der Waals surface area contributed by atoms with Gasteiger partial charge in [-0.25, -0.2) is 4.79 Å². The van der Waals surface area contributed by atoms with Gasteiger partial charge in [0.1, 0.15) is 4.88 Å². The third-order valence-electron chi connectivity index (χ3n) is 2.49. The van der Waals surface area contributed by atoms with Gasteiger partial charge in [0.15, 0.2) is 6.10 Å². The quantitative estimate of drug-likeness (QED) is 0.626. The lowest BCUT2D eigenvalue weighted by Gasteiger charge is -2.11. The second kappa shape index (κ2) is 6.12. The van der Waals surface area contributed by atoms with E-state index in [0.717, 1.165) is 3.79 Å². The van der Waals surface area contributed by atoms with E-state index in [1.54, 1.807) is 43.3 Å². The van der Waals surface area contributed by atoms with Crippen molar-refractivity contribution >= 4 is 39.0 Å². The van der Waals surface area contributed by atoms with Crippen LogP contribution in [0.3, 0.4) is 0 Å². The number of ketones is 1. The Bertz CT molecular complexity index is 592. The Morgan fingerprint density at radius 2 is 1.84 bits per heavy atom. The Hall–Kier alpha value is -1.46. The molecule has 0 saturated heterocycles. The molecule has 0 aliphatic carbocycles. The second-order valence-corrected chi connectivity index (χ2v) is 6.34. The van der Waals surface area contributed by atoms with Crippen molar-refractivity contribution in [2.75, 3.05) is 0 Å². The van der Waals surface area contributed by atoms with Crippen LogP contribution >= 0.6 is 27.3 Å². The lowest BCUT2D eigenvalue weighted by Crippen LogP contribution is -2.24. The zero-order valence-electron chi connectivity index (χ0n) is 10.1. The predicted octanol–water partition coefficient (Wildman–Crippen LogP) is 3.94. The van der Waals surface area contributed by atoms with E-state index in [2.05, 4.69) is 15.9 Å². The minimum absolute atomic E-state index is 0.204. The summed E-state index contributed by atoms with van der Waals surface area (Å²) in [7, 11) is 0. The first-order valence-electron chi connectivity index (χ1n) is 5.63. The van der Waals surface area contributed by atoms with Gasteiger partial charge in [0, 0.05) is 5.56 Å². The van der Waals surface area contributed by atoms with E-state index in [-0.39, 0.29) is 5.78 Å². The molecule has 98 valence electrons. The fraction of sp³-hybridized carbons (Fsp3) is 0.143. The van der Waals surface area contributed by atoms with Crippen LogP contribution < -0.4 is 0 Å². The van der Waals surface area contributed by atoms with Crippen LogP contribution in [0.15, 0.2) is 46.3 Å². The zero-order chi connectivity index (χ0) is 13.8. The summed E-state index contributed by atoms with van der Waals surface area (Å²) in [5.74, 6) is -0.683. The average Bonchev–Trinajstić information content (AvgIpc) is 2.85. The van der Waals surface area contributed by atoms with Gasteiger partial charge in [-0.2, -0.15) is 0 Å². The molecule has 0 radical (unpaired) electrons. The zero-order valence-corrected chi connectivity index (χ0v) is 12.5. The molecule has 1 atom stereocenters. The first-order chi connectivity index (χ1) is 9.08. The Labute approximate surface area is 123 Å². The standard InChI is InChI=1S/C14H11BrO3S/c1-9(13(16)10-5-3-2-4-6-10)18-14(17)11-7-8-12(15)19-11/h2-9H,1H3. The summed E-state index contributed by atoms with van der Waals surface area (Å²) in [5, 5.41) is 0.